The number of rotatable bonds is 6. The van der Waals surface area contributed by atoms with Crippen LogP contribution < -0.4 is 10.1 Å². The van der Waals surface area contributed by atoms with Crippen LogP contribution >= 0.6 is 11.3 Å². The Labute approximate surface area is 215 Å². The first-order chi connectivity index (χ1) is 17.5. The van der Waals surface area contributed by atoms with E-state index in [1.165, 1.54) is 38.5 Å². The molecule has 4 fully saturated rings. The van der Waals surface area contributed by atoms with Gasteiger partial charge in [-0.05, 0) is 118 Å². The maximum absolute atomic E-state index is 13.3. The molecule has 1 unspecified atom stereocenters. The van der Waals surface area contributed by atoms with Crippen molar-refractivity contribution in [2.24, 2.45) is 23.2 Å². The van der Waals surface area contributed by atoms with Gasteiger partial charge in [0.05, 0.1) is 22.5 Å². The Kier molecular flexibility index (Phi) is 5.18. The zero-order valence-electron chi connectivity index (χ0n) is 21.0. The van der Waals surface area contributed by atoms with Gasteiger partial charge >= 0.3 is 0 Å². The summed E-state index contributed by atoms with van der Waals surface area (Å²) in [6.45, 7) is 4.90. The van der Waals surface area contributed by atoms with Gasteiger partial charge in [0.25, 0.3) is 5.91 Å². The van der Waals surface area contributed by atoms with Crippen LogP contribution in [0.3, 0.4) is 0 Å². The van der Waals surface area contributed by atoms with Crippen molar-refractivity contribution < 1.29 is 9.53 Å². The molecule has 5 nitrogen and oxygen atoms in total. The third-order valence-electron chi connectivity index (χ3n) is 9.17. The normalized spacial score (nSPS) is 27.6. The fourth-order valence-corrected chi connectivity index (χ4v) is 8.86. The molecule has 0 aliphatic heterocycles. The molecule has 0 saturated heterocycles. The smallest absolute Gasteiger partial charge is 0.251 e. The number of carbonyl (C=O) groups excluding carboxylic acids is 1. The number of benzene rings is 2. The van der Waals surface area contributed by atoms with Gasteiger partial charge in [-0.15, -0.1) is 0 Å². The van der Waals surface area contributed by atoms with Gasteiger partial charge in [-0.25, -0.2) is 4.98 Å². The predicted molar refractivity (Wildman–Crippen MR) is 145 cm³/mol. The lowest BCUT2D eigenvalue weighted by molar-refractivity contribution is -0.0688. The van der Waals surface area contributed by atoms with Gasteiger partial charge in [0.15, 0.2) is 4.96 Å². The molecule has 1 N–H and O–H groups in total. The summed E-state index contributed by atoms with van der Waals surface area (Å²) in [5.41, 5.74) is 4.16. The van der Waals surface area contributed by atoms with Gasteiger partial charge in [-0.2, -0.15) is 0 Å². The fourth-order valence-electron chi connectivity index (χ4n) is 7.81. The van der Waals surface area contributed by atoms with Crippen LogP contribution in [-0.4, -0.2) is 27.9 Å². The highest BCUT2D eigenvalue weighted by molar-refractivity contribution is 7.23. The van der Waals surface area contributed by atoms with Gasteiger partial charge in [0.1, 0.15) is 5.75 Å². The topological polar surface area (TPSA) is 55.6 Å². The third-order valence-corrected chi connectivity index (χ3v) is 10.2. The lowest BCUT2D eigenvalue weighted by Crippen LogP contribution is -2.55. The first-order valence-corrected chi connectivity index (χ1v) is 14.3. The molecule has 2 aromatic carbocycles. The number of amides is 1. The van der Waals surface area contributed by atoms with Crippen LogP contribution in [0.2, 0.25) is 0 Å². The first-order valence-electron chi connectivity index (χ1n) is 13.5. The third kappa shape index (κ3) is 3.64. The highest BCUT2D eigenvalue weighted by Crippen LogP contribution is 2.61. The van der Waals surface area contributed by atoms with Crippen LogP contribution in [0.25, 0.3) is 26.4 Å². The fraction of sp³-hybridized carbons (Fsp3) is 0.467. The molecule has 1 atom stereocenters. The lowest BCUT2D eigenvalue weighted by atomic mass is 9.48. The van der Waals surface area contributed by atoms with E-state index >= 15 is 0 Å². The molecule has 6 heteroatoms. The van der Waals surface area contributed by atoms with E-state index in [9.17, 15) is 4.79 Å². The molecule has 8 rings (SSSR count). The number of fused-ring (bicyclic) bond motifs is 3. The standard InChI is InChI=1S/C30H33N3O2S/c1-3-35-24-7-4-22(5-8-24)25-17-33-26-9-6-23(13-27(26)36-29(33)32-25)28(34)31-18(2)30-14-19-10-20(15-30)12-21(11-19)16-30/h4-9,13,17-21H,3,10-12,14-16H2,1-2H3,(H,31,34). The minimum atomic E-state index is 0.0567. The van der Waals surface area contributed by atoms with Crippen LogP contribution in [0.5, 0.6) is 5.75 Å². The van der Waals surface area contributed by atoms with Crippen molar-refractivity contribution in [1.29, 1.82) is 0 Å². The summed E-state index contributed by atoms with van der Waals surface area (Å²) in [5, 5.41) is 3.42. The van der Waals surface area contributed by atoms with Gasteiger partial charge in [-0.3, -0.25) is 9.20 Å². The van der Waals surface area contributed by atoms with E-state index in [1.54, 1.807) is 11.3 Å². The van der Waals surface area contributed by atoms with Crippen molar-refractivity contribution in [2.75, 3.05) is 6.61 Å². The molecular formula is C30H33N3O2S. The van der Waals surface area contributed by atoms with Crippen molar-refractivity contribution in [1.82, 2.24) is 14.7 Å². The predicted octanol–water partition coefficient (Wildman–Crippen LogP) is 6.95. The molecule has 1 amide bonds. The second-order valence-corrected chi connectivity index (χ2v) is 12.5. The number of nitrogens with one attached hydrogen (secondary N) is 1. The molecule has 186 valence electrons. The monoisotopic (exact) mass is 499 g/mol. The summed E-state index contributed by atoms with van der Waals surface area (Å²) < 4.78 is 8.78. The molecule has 0 radical (unpaired) electrons. The average Bonchev–Trinajstić information content (AvgIpc) is 3.41. The average molecular weight is 500 g/mol. The molecule has 2 aromatic heterocycles. The maximum atomic E-state index is 13.3. The van der Waals surface area contributed by atoms with Gasteiger partial charge in [0, 0.05) is 23.4 Å². The van der Waals surface area contributed by atoms with E-state index < -0.39 is 0 Å². The Bertz CT molecular complexity index is 1420. The Morgan fingerprint density at radius 3 is 2.47 bits per heavy atom. The second-order valence-electron chi connectivity index (χ2n) is 11.5. The zero-order valence-corrected chi connectivity index (χ0v) is 21.8. The van der Waals surface area contributed by atoms with Crippen molar-refractivity contribution in [2.45, 2.75) is 58.4 Å². The van der Waals surface area contributed by atoms with Crippen molar-refractivity contribution >= 4 is 32.4 Å². The van der Waals surface area contributed by atoms with Crippen LogP contribution in [0.1, 0.15) is 62.7 Å². The van der Waals surface area contributed by atoms with E-state index in [4.69, 9.17) is 9.72 Å². The van der Waals surface area contributed by atoms with Crippen molar-refractivity contribution in [3.8, 4) is 17.0 Å². The number of hydrogen-bond donors (Lipinski definition) is 1. The molecule has 2 heterocycles. The number of aromatic nitrogens is 2. The Balaban J connectivity index is 1.11. The largest absolute Gasteiger partial charge is 0.494 e. The quantitative estimate of drug-likeness (QED) is 0.312. The minimum Gasteiger partial charge on any atom is -0.494 e. The number of carbonyl (C=O) groups is 1. The van der Waals surface area contributed by atoms with Crippen molar-refractivity contribution in [3.63, 3.8) is 0 Å². The van der Waals surface area contributed by atoms with Gasteiger partial charge in [0.2, 0.25) is 0 Å². The highest BCUT2D eigenvalue weighted by Gasteiger charge is 2.53. The summed E-state index contributed by atoms with van der Waals surface area (Å²) in [6, 6.07) is 14.4. The molecule has 4 aromatic rings. The minimum absolute atomic E-state index is 0.0567. The molecule has 4 bridgehead atoms. The number of thiazole rings is 1. The number of nitrogens with zero attached hydrogens (tertiary/aromatic N) is 2. The molecule has 4 saturated carbocycles. The van der Waals surface area contributed by atoms with Gasteiger partial charge in [-0.1, -0.05) is 11.3 Å². The summed E-state index contributed by atoms with van der Waals surface area (Å²) in [7, 11) is 0. The molecule has 0 spiro atoms. The Hall–Kier alpha value is -2.86. The summed E-state index contributed by atoms with van der Waals surface area (Å²) in [5.74, 6) is 3.60. The SMILES string of the molecule is CCOc1ccc(-c2cn3c(n2)sc2cc(C(=O)NC(C)C45CC6CC(CC(C6)C4)C5)ccc23)cc1. The zero-order chi connectivity index (χ0) is 24.4. The summed E-state index contributed by atoms with van der Waals surface area (Å²) in [6.07, 6.45) is 10.3. The molecule has 4 aliphatic carbocycles. The van der Waals surface area contributed by atoms with E-state index in [2.05, 4.69) is 28.9 Å². The molecule has 36 heavy (non-hydrogen) atoms. The van der Waals surface area contributed by atoms with Gasteiger partial charge < -0.3 is 10.1 Å². The first kappa shape index (κ1) is 22.3. The number of hydrogen-bond acceptors (Lipinski definition) is 4. The van der Waals surface area contributed by atoms with Crippen LogP contribution in [-0.2, 0) is 0 Å². The number of ether oxygens (including phenoxy) is 1. The lowest BCUT2D eigenvalue weighted by Gasteiger charge is -2.59. The summed E-state index contributed by atoms with van der Waals surface area (Å²) >= 11 is 1.63. The molecular weight excluding hydrogens is 466 g/mol. The van der Waals surface area contributed by atoms with Crippen LogP contribution in [0, 0.1) is 23.2 Å². The van der Waals surface area contributed by atoms with E-state index in [-0.39, 0.29) is 11.9 Å². The van der Waals surface area contributed by atoms with Crippen LogP contribution in [0.15, 0.2) is 48.7 Å². The van der Waals surface area contributed by atoms with E-state index in [0.717, 1.165) is 55.5 Å². The Morgan fingerprint density at radius 2 is 1.81 bits per heavy atom. The van der Waals surface area contributed by atoms with Crippen molar-refractivity contribution in [3.05, 3.63) is 54.2 Å². The summed E-state index contributed by atoms with van der Waals surface area (Å²) in [4.78, 5) is 19.1. The Morgan fingerprint density at radius 1 is 1.11 bits per heavy atom. The highest BCUT2D eigenvalue weighted by atomic mass is 32.1. The van der Waals surface area contributed by atoms with E-state index in [0.29, 0.717) is 12.0 Å². The molecule has 4 aliphatic rings. The maximum Gasteiger partial charge on any atom is 0.251 e. The van der Waals surface area contributed by atoms with E-state index in [1.807, 2.05) is 43.3 Å². The second kappa shape index (κ2) is 8.34. The van der Waals surface area contributed by atoms with Crippen LogP contribution in [0.4, 0.5) is 0 Å². The number of imidazole rings is 1.